The highest BCUT2D eigenvalue weighted by Crippen LogP contribution is 2.17. The standard InChI is InChI=1S/C14H23NO2S/c1-4-7-12(5-2)15-13-8-10-14(11-9-13)18(16,17)6-3/h8-12,15H,4-7H2,1-3H3. The minimum absolute atomic E-state index is 0.146. The van der Waals surface area contributed by atoms with Crippen molar-refractivity contribution >= 4 is 15.5 Å². The van der Waals surface area contributed by atoms with Gasteiger partial charge in [0.15, 0.2) is 9.84 Å². The van der Waals surface area contributed by atoms with Crippen molar-refractivity contribution in [2.45, 2.75) is 51.0 Å². The van der Waals surface area contributed by atoms with Crippen LogP contribution in [0.5, 0.6) is 0 Å². The topological polar surface area (TPSA) is 46.2 Å². The molecule has 1 atom stereocenters. The van der Waals surface area contributed by atoms with Gasteiger partial charge in [0.05, 0.1) is 10.6 Å². The highest BCUT2D eigenvalue weighted by molar-refractivity contribution is 7.91. The van der Waals surface area contributed by atoms with Crippen LogP contribution in [0.4, 0.5) is 5.69 Å². The van der Waals surface area contributed by atoms with Gasteiger partial charge in [-0.2, -0.15) is 0 Å². The summed E-state index contributed by atoms with van der Waals surface area (Å²) in [4.78, 5) is 0.402. The van der Waals surface area contributed by atoms with Crippen LogP contribution in [0.15, 0.2) is 29.2 Å². The molecule has 1 rings (SSSR count). The van der Waals surface area contributed by atoms with Crippen molar-refractivity contribution in [3.05, 3.63) is 24.3 Å². The van der Waals surface area contributed by atoms with Gasteiger partial charge in [-0.25, -0.2) is 8.42 Å². The molecule has 0 amide bonds. The summed E-state index contributed by atoms with van der Waals surface area (Å²) < 4.78 is 23.3. The van der Waals surface area contributed by atoms with E-state index in [-0.39, 0.29) is 5.75 Å². The molecule has 18 heavy (non-hydrogen) atoms. The minimum Gasteiger partial charge on any atom is -0.382 e. The second kappa shape index (κ2) is 6.78. The molecule has 1 aromatic carbocycles. The minimum atomic E-state index is -3.09. The molecule has 1 N–H and O–H groups in total. The summed E-state index contributed by atoms with van der Waals surface area (Å²) in [5, 5.41) is 3.43. The van der Waals surface area contributed by atoms with Crippen LogP contribution in [0.3, 0.4) is 0 Å². The van der Waals surface area contributed by atoms with Gasteiger partial charge < -0.3 is 5.32 Å². The van der Waals surface area contributed by atoms with E-state index < -0.39 is 9.84 Å². The Hall–Kier alpha value is -1.03. The molecule has 0 heterocycles. The smallest absolute Gasteiger partial charge is 0.178 e. The van der Waals surface area contributed by atoms with Crippen LogP contribution in [0.25, 0.3) is 0 Å². The van der Waals surface area contributed by atoms with Gasteiger partial charge in [-0.3, -0.25) is 0 Å². The Kier molecular flexibility index (Phi) is 5.66. The fourth-order valence-electron chi connectivity index (χ4n) is 1.89. The SMILES string of the molecule is CCCC(CC)Nc1ccc(S(=O)(=O)CC)cc1. The van der Waals surface area contributed by atoms with Gasteiger partial charge in [0.25, 0.3) is 0 Å². The maximum atomic E-state index is 11.7. The number of anilines is 1. The summed E-state index contributed by atoms with van der Waals surface area (Å²) in [6.45, 7) is 5.99. The second-order valence-corrected chi connectivity index (χ2v) is 6.74. The molecule has 1 unspecified atom stereocenters. The Labute approximate surface area is 111 Å². The molecule has 1 aromatic rings. The summed E-state index contributed by atoms with van der Waals surface area (Å²) >= 11 is 0. The van der Waals surface area contributed by atoms with Gasteiger partial charge >= 0.3 is 0 Å². The highest BCUT2D eigenvalue weighted by Gasteiger charge is 2.11. The van der Waals surface area contributed by atoms with Crippen LogP contribution >= 0.6 is 0 Å². The Morgan fingerprint density at radius 3 is 2.17 bits per heavy atom. The van der Waals surface area contributed by atoms with E-state index in [2.05, 4.69) is 19.2 Å². The largest absolute Gasteiger partial charge is 0.382 e. The molecule has 0 radical (unpaired) electrons. The van der Waals surface area contributed by atoms with Crippen molar-refractivity contribution in [2.75, 3.05) is 11.1 Å². The van der Waals surface area contributed by atoms with Gasteiger partial charge in [-0.1, -0.05) is 27.2 Å². The lowest BCUT2D eigenvalue weighted by atomic mass is 10.1. The zero-order valence-electron chi connectivity index (χ0n) is 11.4. The van der Waals surface area contributed by atoms with E-state index in [0.29, 0.717) is 10.9 Å². The van der Waals surface area contributed by atoms with Crippen molar-refractivity contribution in [3.8, 4) is 0 Å². The number of nitrogens with one attached hydrogen (secondary N) is 1. The Bertz CT molecular complexity index is 451. The highest BCUT2D eigenvalue weighted by atomic mass is 32.2. The molecule has 0 aromatic heterocycles. The molecule has 102 valence electrons. The van der Waals surface area contributed by atoms with Crippen LogP contribution in [0.1, 0.15) is 40.0 Å². The van der Waals surface area contributed by atoms with Crippen LogP contribution in [-0.4, -0.2) is 20.2 Å². The lowest BCUT2D eigenvalue weighted by Crippen LogP contribution is -2.17. The summed E-state index contributed by atoms with van der Waals surface area (Å²) in [6.07, 6.45) is 3.35. The number of hydrogen-bond donors (Lipinski definition) is 1. The van der Waals surface area contributed by atoms with Gasteiger partial charge in [-0.15, -0.1) is 0 Å². The molecule has 0 bridgehead atoms. The normalized spacial score (nSPS) is 13.3. The number of hydrogen-bond acceptors (Lipinski definition) is 3. The average Bonchev–Trinajstić information content (AvgIpc) is 2.39. The molecule has 0 saturated carbocycles. The third-order valence-electron chi connectivity index (χ3n) is 3.09. The van der Waals surface area contributed by atoms with E-state index in [9.17, 15) is 8.42 Å². The number of sulfone groups is 1. The molecule has 0 aliphatic heterocycles. The zero-order valence-corrected chi connectivity index (χ0v) is 12.3. The predicted molar refractivity (Wildman–Crippen MR) is 76.8 cm³/mol. The van der Waals surface area contributed by atoms with Crippen molar-refractivity contribution in [3.63, 3.8) is 0 Å². The molecule has 3 nitrogen and oxygen atoms in total. The maximum absolute atomic E-state index is 11.7. The third-order valence-corrected chi connectivity index (χ3v) is 4.84. The maximum Gasteiger partial charge on any atom is 0.178 e. The van der Waals surface area contributed by atoms with Crippen LogP contribution < -0.4 is 5.32 Å². The second-order valence-electron chi connectivity index (χ2n) is 4.47. The van der Waals surface area contributed by atoms with Crippen molar-refractivity contribution in [2.24, 2.45) is 0 Å². The predicted octanol–water partition coefficient (Wildman–Crippen LogP) is 3.47. The third kappa shape index (κ3) is 4.02. The number of rotatable bonds is 7. The Morgan fingerprint density at radius 1 is 1.11 bits per heavy atom. The monoisotopic (exact) mass is 269 g/mol. The van der Waals surface area contributed by atoms with Crippen molar-refractivity contribution < 1.29 is 8.42 Å². The molecule has 0 saturated heterocycles. The first-order valence-corrected chi connectivity index (χ1v) is 8.28. The van der Waals surface area contributed by atoms with E-state index in [1.54, 1.807) is 19.1 Å². The molecule has 4 heteroatoms. The van der Waals surface area contributed by atoms with E-state index in [4.69, 9.17) is 0 Å². The fourth-order valence-corrected chi connectivity index (χ4v) is 2.77. The first-order valence-electron chi connectivity index (χ1n) is 6.62. The molecular weight excluding hydrogens is 246 g/mol. The van der Waals surface area contributed by atoms with Gasteiger partial charge in [0, 0.05) is 11.7 Å². The molecular formula is C14H23NO2S. The average molecular weight is 269 g/mol. The summed E-state index contributed by atoms with van der Waals surface area (Å²) in [5.41, 5.74) is 0.991. The van der Waals surface area contributed by atoms with Crippen molar-refractivity contribution in [1.82, 2.24) is 0 Å². The molecule has 0 aliphatic carbocycles. The fraction of sp³-hybridized carbons (Fsp3) is 0.571. The van der Waals surface area contributed by atoms with Crippen LogP contribution in [0.2, 0.25) is 0 Å². The van der Waals surface area contributed by atoms with Crippen LogP contribution in [0, 0.1) is 0 Å². The quantitative estimate of drug-likeness (QED) is 0.824. The Morgan fingerprint density at radius 2 is 1.72 bits per heavy atom. The van der Waals surface area contributed by atoms with E-state index in [1.165, 1.54) is 0 Å². The van der Waals surface area contributed by atoms with E-state index >= 15 is 0 Å². The summed E-state index contributed by atoms with van der Waals surface area (Å²) in [5.74, 6) is 0.146. The lowest BCUT2D eigenvalue weighted by Gasteiger charge is -2.17. The zero-order chi connectivity index (χ0) is 13.6. The lowest BCUT2D eigenvalue weighted by molar-refractivity contribution is 0.597. The van der Waals surface area contributed by atoms with Crippen molar-refractivity contribution in [1.29, 1.82) is 0 Å². The molecule has 0 spiro atoms. The van der Waals surface area contributed by atoms with Gasteiger partial charge in [0.1, 0.15) is 0 Å². The first kappa shape index (κ1) is 15.0. The first-order chi connectivity index (χ1) is 8.53. The molecule has 0 aliphatic rings. The number of benzene rings is 1. The Balaban J connectivity index is 2.77. The van der Waals surface area contributed by atoms with Gasteiger partial charge in [0.2, 0.25) is 0 Å². The molecule has 0 fully saturated rings. The summed E-state index contributed by atoms with van der Waals surface area (Å²) in [7, 11) is -3.09. The van der Waals surface area contributed by atoms with Gasteiger partial charge in [-0.05, 0) is 37.1 Å². The van der Waals surface area contributed by atoms with Crippen LogP contribution in [-0.2, 0) is 9.84 Å². The van der Waals surface area contributed by atoms with E-state index in [0.717, 1.165) is 24.9 Å². The summed E-state index contributed by atoms with van der Waals surface area (Å²) in [6, 6.07) is 7.52. The van der Waals surface area contributed by atoms with E-state index in [1.807, 2.05) is 12.1 Å².